The third-order valence-electron chi connectivity index (χ3n) is 2.85. The van der Waals surface area contributed by atoms with Crippen LogP contribution in [0.25, 0.3) is 17.2 Å². The predicted molar refractivity (Wildman–Crippen MR) is 73.3 cm³/mol. The van der Waals surface area contributed by atoms with Crippen LogP contribution in [0.15, 0.2) is 49.0 Å². The van der Waals surface area contributed by atoms with Crippen LogP contribution in [0.1, 0.15) is 15.9 Å². The molecule has 0 heterocycles. The first-order valence-electron chi connectivity index (χ1n) is 5.76. The first-order valence-corrected chi connectivity index (χ1v) is 5.76. The van der Waals surface area contributed by atoms with Crippen molar-refractivity contribution in [1.82, 2.24) is 0 Å². The molecule has 0 aromatic heterocycles. The van der Waals surface area contributed by atoms with Crippen molar-refractivity contribution in [2.45, 2.75) is 0 Å². The summed E-state index contributed by atoms with van der Waals surface area (Å²) < 4.78 is 17.6. The van der Waals surface area contributed by atoms with Gasteiger partial charge >= 0.3 is 5.97 Å². The Kier molecular flexibility index (Phi) is 3.76. The number of hydrogen-bond donors (Lipinski definition) is 0. The van der Waals surface area contributed by atoms with Gasteiger partial charge in [0.25, 0.3) is 0 Å². The van der Waals surface area contributed by atoms with Gasteiger partial charge in [-0.05, 0) is 41.0 Å². The number of methoxy groups -OCH3 is 1. The highest BCUT2D eigenvalue weighted by atomic mass is 19.1. The van der Waals surface area contributed by atoms with Crippen LogP contribution in [0.4, 0.5) is 4.39 Å². The molecule has 2 nitrogen and oxygen atoms in total. The van der Waals surface area contributed by atoms with Crippen molar-refractivity contribution < 1.29 is 13.9 Å². The van der Waals surface area contributed by atoms with Crippen LogP contribution >= 0.6 is 0 Å². The average molecular weight is 256 g/mol. The van der Waals surface area contributed by atoms with Crippen LogP contribution in [0.3, 0.4) is 0 Å². The maximum absolute atomic E-state index is 12.9. The Bertz CT molecular complexity index is 615. The Hall–Kier alpha value is -2.42. The Morgan fingerprint density at radius 1 is 1.16 bits per heavy atom. The molecule has 0 spiro atoms. The number of rotatable bonds is 3. The fourth-order valence-electron chi connectivity index (χ4n) is 1.85. The quantitative estimate of drug-likeness (QED) is 0.778. The van der Waals surface area contributed by atoms with Crippen LogP contribution in [-0.2, 0) is 4.74 Å². The van der Waals surface area contributed by atoms with Gasteiger partial charge in [-0.2, -0.15) is 0 Å². The first kappa shape index (κ1) is 13.0. The lowest BCUT2D eigenvalue weighted by molar-refractivity contribution is 0.0600. The van der Waals surface area contributed by atoms with Gasteiger partial charge in [-0.1, -0.05) is 30.9 Å². The van der Waals surface area contributed by atoms with Gasteiger partial charge in [0.05, 0.1) is 12.7 Å². The Morgan fingerprint density at radius 2 is 1.79 bits per heavy atom. The summed E-state index contributed by atoms with van der Waals surface area (Å²) in [6, 6.07) is 11.5. The molecule has 0 N–H and O–H groups in total. The lowest BCUT2D eigenvalue weighted by Crippen LogP contribution is -2.03. The molecule has 0 fully saturated rings. The van der Waals surface area contributed by atoms with Gasteiger partial charge in [-0.15, -0.1) is 0 Å². The van der Waals surface area contributed by atoms with E-state index in [1.807, 2.05) is 6.07 Å². The van der Waals surface area contributed by atoms with Crippen molar-refractivity contribution in [2.75, 3.05) is 7.11 Å². The van der Waals surface area contributed by atoms with E-state index >= 15 is 0 Å². The van der Waals surface area contributed by atoms with E-state index in [-0.39, 0.29) is 5.82 Å². The molecule has 2 aromatic rings. The maximum atomic E-state index is 12.9. The SMILES string of the molecule is C=Cc1cc(-c2ccc(F)cc2)ccc1C(=O)OC. The van der Waals surface area contributed by atoms with Crippen LogP contribution in [-0.4, -0.2) is 13.1 Å². The number of carbonyl (C=O) groups excluding carboxylic acids is 1. The molecule has 0 bridgehead atoms. The zero-order valence-electron chi connectivity index (χ0n) is 10.5. The lowest BCUT2D eigenvalue weighted by atomic mass is 9.99. The van der Waals surface area contributed by atoms with Gasteiger partial charge in [0.2, 0.25) is 0 Å². The molecule has 0 aliphatic carbocycles. The zero-order chi connectivity index (χ0) is 13.8. The monoisotopic (exact) mass is 256 g/mol. The Balaban J connectivity index is 2.47. The van der Waals surface area contributed by atoms with Gasteiger partial charge in [0, 0.05) is 0 Å². The summed E-state index contributed by atoms with van der Waals surface area (Å²) in [5, 5.41) is 0. The fraction of sp³-hybridized carbons (Fsp3) is 0.0625. The molecule has 0 saturated carbocycles. The standard InChI is InChI=1S/C16H13FO2/c1-3-11-10-13(6-9-15(11)16(18)19-2)12-4-7-14(17)8-5-12/h3-10H,1H2,2H3. The number of esters is 1. The van der Waals surface area contributed by atoms with E-state index in [9.17, 15) is 9.18 Å². The molecule has 0 radical (unpaired) electrons. The van der Waals surface area contributed by atoms with E-state index in [2.05, 4.69) is 6.58 Å². The van der Waals surface area contributed by atoms with E-state index in [0.29, 0.717) is 11.1 Å². The third-order valence-corrected chi connectivity index (χ3v) is 2.85. The van der Waals surface area contributed by atoms with E-state index in [1.54, 1.807) is 30.3 Å². The molecule has 0 amide bonds. The minimum atomic E-state index is -0.402. The number of halogens is 1. The summed E-state index contributed by atoms with van der Waals surface area (Å²) in [7, 11) is 1.34. The highest BCUT2D eigenvalue weighted by Crippen LogP contribution is 2.24. The first-order chi connectivity index (χ1) is 9.15. The fourth-order valence-corrected chi connectivity index (χ4v) is 1.85. The van der Waals surface area contributed by atoms with E-state index in [1.165, 1.54) is 19.2 Å². The van der Waals surface area contributed by atoms with Crippen molar-refractivity contribution in [1.29, 1.82) is 0 Å². The molecule has 0 saturated heterocycles. The largest absolute Gasteiger partial charge is 0.465 e. The average Bonchev–Trinajstić information content (AvgIpc) is 2.46. The molecule has 2 rings (SSSR count). The maximum Gasteiger partial charge on any atom is 0.338 e. The van der Waals surface area contributed by atoms with Crippen LogP contribution in [0, 0.1) is 5.82 Å². The Morgan fingerprint density at radius 3 is 2.37 bits per heavy atom. The normalized spacial score (nSPS) is 10.0. The topological polar surface area (TPSA) is 26.3 Å². The zero-order valence-corrected chi connectivity index (χ0v) is 10.5. The van der Waals surface area contributed by atoms with Crippen molar-refractivity contribution >= 4 is 12.0 Å². The molecule has 2 aromatic carbocycles. The van der Waals surface area contributed by atoms with Gasteiger partial charge in [-0.25, -0.2) is 9.18 Å². The molecule has 0 aliphatic heterocycles. The van der Waals surface area contributed by atoms with E-state index in [4.69, 9.17) is 4.74 Å². The number of hydrogen-bond acceptors (Lipinski definition) is 2. The second-order valence-corrected chi connectivity index (χ2v) is 4.00. The van der Waals surface area contributed by atoms with E-state index < -0.39 is 5.97 Å². The smallest absolute Gasteiger partial charge is 0.338 e. The summed E-state index contributed by atoms with van der Waals surface area (Å²) in [5.41, 5.74) is 2.92. The Labute approximate surface area is 111 Å². The minimum Gasteiger partial charge on any atom is -0.465 e. The molecule has 0 unspecified atom stereocenters. The molecule has 0 atom stereocenters. The van der Waals surface area contributed by atoms with Gasteiger partial charge in [-0.3, -0.25) is 0 Å². The van der Waals surface area contributed by atoms with Crippen molar-refractivity contribution in [3.8, 4) is 11.1 Å². The summed E-state index contributed by atoms with van der Waals surface area (Å²) in [4.78, 5) is 11.6. The van der Waals surface area contributed by atoms with Crippen molar-refractivity contribution in [3.63, 3.8) is 0 Å². The van der Waals surface area contributed by atoms with Gasteiger partial charge < -0.3 is 4.74 Å². The number of benzene rings is 2. The third kappa shape index (κ3) is 2.71. The lowest BCUT2D eigenvalue weighted by Gasteiger charge is -2.07. The summed E-state index contributed by atoms with van der Waals surface area (Å²) >= 11 is 0. The minimum absolute atomic E-state index is 0.279. The molecule has 3 heteroatoms. The summed E-state index contributed by atoms with van der Waals surface area (Å²) in [5.74, 6) is -0.681. The van der Waals surface area contributed by atoms with Crippen LogP contribution < -0.4 is 0 Å². The molecule has 96 valence electrons. The van der Waals surface area contributed by atoms with E-state index in [0.717, 1.165) is 11.1 Å². The highest BCUT2D eigenvalue weighted by Gasteiger charge is 2.10. The highest BCUT2D eigenvalue weighted by molar-refractivity contribution is 5.94. The predicted octanol–water partition coefficient (Wildman–Crippen LogP) is 3.92. The number of ether oxygens (including phenoxy) is 1. The summed E-state index contributed by atoms with van der Waals surface area (Å²) in [6.45, 7) is 3.69. The van der Waals surface area contributed by atoms with Crippen LogP contribution in [0.2, 0.25) is 0 Å². The van der Waals surface area contributed by atoms with Gasteiger partial charge in [0.15, 0.2) is 0 Å². The molecule has 19 heavy (non-hydrogen) atoms. The van der Waals surface area contributed by atoms with Crippen molar-refractivity contribution in [3.05, 3.63) is 66.0 Å². The summed E-state index contributed by atoms with van der Waals surface area (Å²) in [6.07, 6.45) is 1.60. The van der Waals surface area contributed by atoms with Crippen molar-refractivity contribution in [2.24, 2.45) is 0 Å². The molecule has 0 aliphatic rings. The van der Waals surface area contributed by atoms with Crippen LogP contribution in [0.5, 0.6) is 0 Å². The second-order valence-electron chi connectivity index (χ2n) is 4.00. The number of carbonyl (C=O) groups is 1. The molecular formula is C16H13FO2. The van der Waals surface area contributed by atoms with Gasteiger partial charge in [0.1, 0.15) is 5.82 Å². The molecular weight excluding hydrogens is 243 g/mol. The second kappa shape index (κ2) is 5.48.